The van der Waals surface area contributed by atoms with Gasteiger partial charge < -0.3 is 5.11 Å². The Morgan fingerprint density at radius 1 is 1.37 bits per heavy atom. The summed E-state index contributed by atoms with van der Waals surface area (Å²) < 4.78 is 0. The molecule has 0 aliphatic carbocycles. The quantitative estimate of drug-likeness (QED) is 0.781. The lowest BCUT2D eigenvalue weighted by Crippen LogP contribution is -2.36. The molecule has 0 fully saturated rings. The summed E-state index contributed by atoms with van der Waals surface area (Å²) in [7, 11) is 0. The van der Waals surface area contributed by atoms with E-state index in [2.05, 4.69) is 32.6 Å². The summed E-state index contributed by atoms with van der Waals surface area (Å²) in [4.78, 5) is 14.1. The molecule has 0 aliphatic heterocycles. The van der Waals surface area contributed by atoms with Crippen LogP contribution in [0.3, 0.4) is 0 Å². The molecule has 0 aliphatic rings. The molecule has 19 heavy (non-hydrogen) atoms. The van der Waals surface area contributed by atoms with Gasteiger partial charge in [0.15, 0.2) is 0 Å². The first-order valence-electron chi connectivity index (χ1n) is 7.03. The average Bonchev–Trinajstić information content (AvgIpc) is 2.78. The fraction of sp³-hybridized carbons (Fsp3) is 0.667. The van der Waals surface area contributed by atoms with Crippen LogP contribution in [0.2, 0.25) is 0 Å². The molecule has 0 saturated heterocycles. The van der Waals surface area contributed by atoms with Gasteiger partial charge in [-0.3, -0.25) is 4.90 Å². The third kappa shape index (κ3) is 4.62. The van der Waals surface area contributed by atoms with E-state index in [1.165, 1.54) is 11.3 Å². The van der Waals surface area contributed by atoms with Crippen molar-refractivity contribution in [3.8, 4) is 0 Å². The normalized spacial score (nSPS) is 11.7. The van der Waals surface area contributed by atoms with Gasteiger partial charge in [-0.2, -0.15) is 0 Å². The van der Waals surface area contributed by atoms with Crippen molar-refractivity contribution in [2.45, 2.75) is 53.1 Å². The van der Waals surface area contributed by atoms with Gasteiger partial charge in [0, 0.05) is 19.1 Å². The van der Waals surface area contributed by atoms with Gasteiger partial charge in [-0.15, -0.1) is 11.3 Å². The van der Waals surface area contributed by atoms with Crippen molar-refractivity contribution in [3.63, 3.8) is 0 Å². The second kappa shape index (κ2) is 7.65. The van der Waals surface area contributed by atoms with E-state index >= 15 is 0 Å². The third-order valence-electron chi connectivity index (χ3n) is 3.37. The summed E-state index contributed by atoms with van der Waals surface area (Å²) in [5.74, 6) is -0.216. The van der Waals surface area contributed by atoms with E-state index in [1.54, 1.807) is 0 Å². The maximum atomic E-state index is 11.2. The van der Waals surface area contributed by atoms with Crippen molar-refractivity contribution in [1.29, 1.82) is 0 Å². The van der Waals surface area contributed by atoms with E-state index in [-0.39, 0.29) is 0 Å². The fourth-order valence-electron chi connectivity index (χ4n) is 2.48. The molecule has 1 aromatic rings. The SMILES string of the molecule is CCC(CC)N(Cc1ccsc1C(=O)O)CC(C)C. The number of hydrogen-bond acceptors (Lipinski definition) is 3. The highest BCUT2D eigenvalue weighted by Gasteiger charge is 2.20. The van der Waals surface area contributed by atoms with Crippen molar-refractivity contribution in [3.05, 3.63) is 21.9 Å². The molecular formula is C15H25NO2S. The zero-order valence-electron chi connectivity index (χ0n) is 12.3. The Balaban J connectivity index is 2.87. The minimum atomic E-state index is -0.806. The lowest BCUT2D eigenvalue weighted by Gasteiger charge is -2.31. The van der Waals surface area contributed by atoms with Crippen LogP contribution in [0.5, 0.6) is 0 Å². The van der Waals surface area contributed by atoms with Gasteiger partial charge in [0.05, 0.1) is 0 Å². The molecule has 0 unspecified atom stereocenters. The van der Waals surface area contributed by atoms with Crippen LogP contribution >= 0.6 is 11.3 Å². The molecule has 0 radical (unpaired) electrons. The van der Waals surface area contributed by atoms with Crippen LogP contribution in [-0.2, 0) is 6.54 Å². The number of carboxylic acids is 1. The van der Waals surface area contributed by atoms with Gasteiger partial charge in [-0.25, -0.2) is 4.79 Å². The molecule has 0 amide bonds. The van der Waals surface area contributed by atoms with E-state index in [0.717, 1.165) is 31.5 Å². The standard InChI is InChI=1S/C15H25NO2S/c1-5-13(6-2)16(9-11(3)4)10-12-7-8-19-14(12)15(17)18/h7-8,11,13H,5-6,9-10H2,1-4H3,(H,17,18). The van der Waals surface area contributed by atoms with Crippen molar-refractivity contribution in [1.82, 2.24) is 4.90 Å². The lowest BCUT2D eigenvalue weighted by atomic mass is 10.1. The first-order valence-corrected chi connectivity index (χ1v) is 7.91. The molecule has 3 nitrogen and oxygen atoms in total. The Bertz CT molecular complexity index is 397. The first kappa shape index (κ1) is 16.2. The Labute approximate surface area is 120 Å². The van der Waals surface area contributed by atoms with Crippen LogP contribution in [0.1, 0.15) is 55.8 Å². The van der Waals surface area contributed by atoms with Gasteiger partial charge in [0.1, 0.15) is 4.88 Å². The maximum absolute atomic E-state index is 11.2. The molecule has 1 heterocycles. The Morgan fingerprint density at radius 3 is 2.47 bits per heavy atom. The summed E-state index contributed by atoms with van der Waals surface area (Å²) in [5, 5.41) is 11.1. The summed E-state index contributed by atoms with van der Waals surface area (Å²) in [6.45, 7) is 10.6. The molecule has 0 spiro atoms. The molecule has 108 valence electrons. The van der Waals surface area contributed by atoms with Crippen LogP contribution in [0, 0.1) is 5.92 Å². The second-order valence-electron chi connectivity index (χ2n) is 5.37. The number of aromatic carboxylic acids is 1. The largest absolute Gasteiger partial charge is 0.477 e. The number of nitrogens with zero attached hydrogens (tertiary/aromatic N) is 1. The predicted octanol–water partition coefficient (Wildman–Crippen LogP) is 4.09. The zero-order valence-corrected chi connectivity index (χ0v) is 13.2. The minimum Gasteiger partial charge on any atom is -0.477 e. The Morgan fingerprint density at radius 2 is 2.00 bits per heavy atom. The topological polar surface area (TPSA) is 40.5 Å². The monoisotopic (exact) mass is 283 g/mol. The molecule has 0 atom stereocenters. The number of rotatable bonds is 8. The van der Waals surface area contributed by atoms with Crippen molar-refractivity contribution in [2.24, 2.45) is 5.92 Å². The van der Waals surface area contributed by atoms with Crippen LogP contribution < -0.4 is 0 Å². The Hall–Kier alpha value is -0.870. The van der Waals surface area contributed by atoms with Gasteiger partial charge in [-0.1, -0.05) is 27.7 Å². The third-order valence-corrected chi connectivity index (χ3v) is 4.32. The molecule has 1 aromatic heterocycles. The summed E-state index contributed by atoms with van der Waals surface area (Å²) in [6.07, 6.45) is 2.21. The number of carbonyl (C=O) groups is 1. The smallest absolute Gasteiger partial charge is 0.346 e. The maximum Gasteiger partial charge on any atom is 0.346 e. The van der Waals surface area contributed by atoms with Crippen molar-refractivity contribution in [2.75, 3.05) is 6.54 Å². The number of hydrogen-bond donors (Lipinski definition) is 1. The van der Waals surface area contributed by atoms with Crippen molar-refractivity contribution < 1.29 is 9.90 Å². The molecule has 0 aromatic carbocycles. The summed E-state index contributed by atoms with van der Waals surface area (Å²) >= 11 is 1.32. The molecule has 1 rings (SSSR count). The minimum absolute atomic E-state index is 0.486. The van der Waals surface area contributed by atoms with Gasteiger partial charge in [0.2, 0.25) is 0 Å². The fourth-order valence-corrected chi connectivity index (χ4v) is 3.24. The number of carboxylic acid groups (broad SMARTS) is 1. The van der Waals surface area contributed by atoms with E-state index in [4.69, 9.17) is 0 Å². The van der Waals surface area contributed by atoms with Crippen LogP contribution in [0.25, 0.3) is 0 Å². The molecule has 1 N–H and O–H groups in total. The van der Waals surface area contributed by atoms with E-state index < -0.39 is 5.97 Å². The second-order valence-corrected chi connectivity index (χ2v) is 6.29. The van der Waals surface area contributed by atoms with E-state index in [9.17, 15) is 9.90 Å². The average molecular weight is 283 g/mol. The van der Waals surface area contributed by atoms with Crippen LogP contribution in [0.4, 0.5) is 0 Å². The highest BCUT2D eigenvalue weighted by atomic mass is 32.1. The van der Waals surface area contributed by atoms with Gasteiger partial charge in [-0.05, 0) is 35.8 Å². The zero-order chi connectivity index (χ0) is 14.4. The summed E-state index contributed by atoms with van der Waals surface area (Å²) in [6, 6.07) is 2.48. The highest BCUT2D eigenvalue weighted by molar-refractivity contribution is 7.12. The predicted molar refractivity (Wildman–Crippen MR) is 80.9 cm³/mol. The van der Waals surface area contributed by atoms with Crippen LogP contribution in [-0.4, -0.2) is 28.6 Å². The highest BCUT2D eigenvalue weighted by Crippen LogP contribution is 2.22. The Kier molecular flexibility index (Phi) is 6.52. The lowest BCUT2D eigenvalue weighted by molar-refractivity contribution is 0.0698. The number of thiophene rings is 1. The summed E-state index contributed by atoms with van der Waals surface area (Å²) in [5.41, 5.74) is 0.949. The molecular weight excluding hydrogens is 258 g/mol. The first-order chi connectivity index (χ1) is 8.99. The van der Waals surface area contributed by atoms with Gasteiger partial charge >= 0.3 is 5.97 Å². The molecule has 0 saturated carbocycles. The van der Waals surface area contributed by atoms with Crippen molar-refractivity contribution >= 4 is 17.3 Å². The van der Waals surface area contributed by atoms with E-state index in [0.29, 0.717) is 16.8 Å². The molecule has 0 bridgehead atoms. The van der Waals surface area contributed by atoms with Gasteiger partial charge in [0.25, 0.3) is 0 Å². The van der Waals surface area contributed by atoms with Crippen LogP contribution in [0.15, 0.2) is 11.4 Å². The van der Waals surface area contributed by atoms with E-state index in [1.807, 2.05) is 11.4 Å². The molecule has 4 heteroatoms.